The number of halogens is 3. The molecule has 0 saturated carbocycles. The fraction of sp³-hybridized carbons (Fsp3) is 0.478. The van der Waals surface area contributed by atoms with Gasteiger partial charge < -0.3 is 15.5 Å². The molecule has 3 heterocycles. The summed E-state index contributed by atoms with van der Waals surface area (Å²) in [5.74, 6) is -0.0838. The number of hydrogen-bond acceptors (Lipinski definition) is 6. The lowest BCUT2D eigenvalue weighted by molar-refractivity contribution is -0.137. The number of amides is 1. The zero-order valence-electron chi connectivity index (χ0n) is 18.8. The molecule has 178 valence electrons. The first-order valence-corrected chi connectivity index (χ1v) is 12.6. The van der Waals surface area contributed by atoms with Crippen LogP contribution in [0.25, 0.3) is 20.8 Å². The van der Waals surface area contributed by atoms with Gasteiger partial charge in [0.05, 0.1) is 15.8 Å². The zero-order valence-corrected chi connectivity index (χ0v) is 20.4. The molecule has 0 bridgehead atoms. The van der Waals surface area contributed by atoms with E-state index in [4.69, 9.17) is 0 Å². The number of likely N-dealkylation sites (N-methyl/N-ethyl adjacent to an activating group) is 1. The van der Waals surface area contributed by atoms with Gasteiger partial charge in [0.2, 0.25) is 5.91 Å². The molecular formula is C23H27F3N4OS2. The molecule has 2 aromatic heterocycles. The Hall–Kier alpha value is -2.01. The third kappa shape index (κ3) is 5.40. The van der Waals surface area contributed by atoms with Gasteiger partial charge in [0, 0.05) is 42.5 Å². The van der Waals surface area contributed by atoms with Gasteiger partial charge in [0.1, 0.15) is 10.0 Å². The molecule has 0 fully saturated rings. The Bertz CT molecular complexity index is 1150. The number of carbonyl (C=O) groups is 1. The predicted octanol–water partition coefficient (Wildman–Crippen LogP) is 5.75. The number of hydrogen-bond donors (Lipinski definition) is 2. The summed E-state index contributed by atoms with van der Waals surface area (Å²) in [6.07, 6.45) is -2.26. The summed E-state index contributed by atoms with van der Waals surface area (Å²) < 4.78 is 40.2. The number of aromatic nitrogens is 1. The molecule has 0 saturated heterocycles. The SMILES string of the molecule is CC[C@@H](C)NCCC(=O)Nc1sc2c(c1-c1nc3cc(C(F)(F)F)ccc3s1)CCN(C)C2. The summed E-state index contributed by atoms with van der Waals surface area (Å²) in [6, 6.07) is 4.02. The van der Waals surface area contributed by atoms with Crippen molar-refractivity contribution in [2.75, 3.05) is 25.5 Å². The molecule has 1 aromatic carbocycles. The summed E-state index contributed by atoms with van der Waals surface area (Å²) in [5, 5.41) is 7.77. The minimum atomic E-state index is -4.41. The molecule has 1 aliphatic rings. The van der Waals surface area contributed by atoms with Gasteiger partial charge >= 0.3 is 6.18 Å². The number of rotatable bonds is 7. The van der Waals surface area contributed by atoms with Crippen LogP contribution >= 0.6 is 22.7 Å². The molecule has 2 N–H and O–H groups in total. The number of carbonyl (C=O) groups excluding carboxylic acids is 1. The minimum absolute atomic E-state index is 0.0838. The first kappa shape index (κ1) is 24.1. The second-order valence-corrected chi connectivity index (χ2v) is 10.6. The van der Waals surface area contributed by atoms with Crippen LogP contribution < -0.4 is 10.6 Å². The van der Waals surface area contributed by atoms with E-state index in [1.54, 1.807) is 11.3 Å². The standard InChI is InChI=1S/C23H27F3N4OS2/c1-4-13(2)27-9-7-19(31)29-22-20(15-8-10-30(3)12-18(15)33-22)21-28-16-11-14(23(24,25)26)5-6-17(16)32-21/h5-6,11,13,27H,4,7-10,12H2,1-3H3,(H,29,31)/t13-/m1/s1. The largest absolute Gasteiger partial charge is 0.416 e. The normalized spacial score (nSPS) is 15.6. The Morgan fingerprint density at radius 3 is 2.82 bits per heavy atom. The average Bonchev–Trinajstić information content (AvgIpc) is 3.32. The van der Waals surface area contributed by atoms with Crippen LogP contribution in [0.4, 0.5) is 18.2 Å². The molecule has 1 aliphatic heterocycles. The van der Waals surface area contributed by atoms with Crippen molar-refractivity contribution in [3.05, 3.63) is 34.2 Å². The number of nitrogens with zero attached hydrogens (tertiary/aromatic N) is 2. The van der Waals surface area contributed by atoms with E-state index < -0.39 is 11.7 Å². The lowest BCUT2D eigenvalue weighted by atomic mass is 10.0. The topological polar surface area (TPSA) is 57.3 Å². The third-order valence-electron chi connectivity index (χ3n) is 5.89. The molecule has 5 nitrogen and oxygen atoms in total. The van der Waals surface area contributed by atoms with Gasteiger partial charge in [-0.15, -0.1) is 22.7 Å². The van der Waals surface area contributed by atoms with Gasteiger partial charge in [0.15, 0.2) is 0 Å². The van der Waals surface area contributed by atoms with Gasteiger partial charge in [-0.05, 0) is 50.6 Å². The summed E-state index contributed by atoms with van der Waals surface area (Å²) in [6.45, 7) is 6.42. The fourth-order valence-electron chi connectivity index (χ4n) is 3.82. The zero-order chi connectivity index (χ0) is 23.8. The molecule has 0 aliphatic carbocycles. The second-order valence-electron chi connectivity index (χ2n) is 8.46. The molecule has 3 aromatic rings. The molecular weight excluding hydrogens is 469 g/mol. The van der Waals surface area contributed by atoms with Crippen LogP contribution in [0.1, 0.15) is 42.7 Å². The van der Waals surface area contributed by atoms with Crippen LogP contribution in [0.3, 0.4) is 0 Å². The highest BCUT2D eigenvalue weighted by Crippen LogP contribution is 2.46. The third-order valence-corrected chi connectivity index (χ3v) is 8.07. The van der Waals surface area contributed by atoms with Gasteiger partial charge in [-0.2, -0.15) is 13.2 Å². The fourth-order valence-corrected chi connectivity index (χ4v) is 6.26. The molecule has 1 atom stereocenters. The number of fused-ring (bicyclic) bond motifs is 2. The summed E-state index contributed by atoms with van der Waals surface area (Å²) in [4.78, 5) is 20.6. The van der Waals surface area contributed by atoms with Crippen molar-refractivity contribution < 1.29 is 18.0 Å². The number of anilines is 1. The number of alkyl halides is 3. The Labute approximate surface area is 199 Å². The van der Waals surface area contributed by atoms with Crippen LogP contribution in [0.15, 0.2) is 18.2 Å². The number of benzene rings is 1. The summed E-state index contributed by atoms with van der Waals surface area (Å²) in [5.41, 5.74) is 1.62. The van der Waals surface area contributed by atoms with E-state index in [1.807, 2.05) is 0 Å². The van der Waals surface area contributed by atoms with Crippen LogP contribution in [-0.4, -0.2) is 42.0 Å². The van der Waals surface area contributed by atoms with Crippen molar-refractivity contribution in [2.45, 2.75) is 51.9 Å². The first-order chi connectivity index (χ1) is 15.7. The van der Waals surface area contributed by atoms with Gasteiger partial charge in [-0.1, -0.05) is 6.92 Å². The number of thiophene rings is 1. The van der Waals surface area contributed by atoms with Crippen LogP contribution in [0.5, 0.6) is 0 Å². The lowest BCUT2D eigenvalue weighted by Crippen LogP contribution is -2.28. The van der Waals surface area contributed by atoms with E-state index in [2.05, 4.69) is 41.4 Å². The second kappa shape index (κ2) is 9.69. The highest BCUT2D eigenvalue weighted by Gasteiger charge is 2.31. The van der Waals surface area contributed by atoms with Gasteiger partial charge in [-0.25, -0.2) is 4.98 Å². The molecule has 0 unspecified atom stereocenters. The van der Waals surface area contributed by atoms with Crippen molar-refractivity contribution in [2.24, 2.45) is 0 Å². The van der Waals surface area contributed by atoms with Crippen molar-refractivity contribution in [1.82, 2.24) is 15.2 Å². The Kier molecular flexibility index (Phi) is 7.09. The monoisotopic (exact) mass is 496 g/mol. The maximum Gasteiger partial charge on any atom is 0.416 e. The highest BCUT2D eigenvalue weighted by atomic mass is 32.1. The van der Waals surface area contributed by atoms with Crippen LogP contribution in [0, 0.1) is 0 Å². The van der Waals surface area contributed by atoms with E-state index in [0.29, 0.717) is 34.2 Å². The van der Waals surface area contributed by atoms with Crippen molar-refractivity contribution in [3.8, 4) is 10.6 Å². The lowest BCUT2D eigenvalue weighted by Gasteiger charge is -2.22. The predicted molar refractivity (Wildman–Crippen MR) is 129 cm³/mol. The van der Waals surface area contributed by atoms with Crippen LogP contribution in [0.2, 0.25) is 0 Å². The maximum absolute atomic E-state index is 13.2. The van der Waals surface area contributed by atoms with Crippen molar-refractivity contribution in [3.63, 3.8) is 0 Å². The molecule has 10 heteroatoms. The molecule has 0 radical (unpaired) electrons. The molecule has 33 heavy (non-hydrogen) atoms. The van der Waals surface area contributed by atoms with E-state index in [9.17, 15) is 18.0 Å². The van der Waals surface area contributed by atoms with E-state index >= 15 is 0 Å². The van der Waals surface area contributed by atoms with E-state index in [-0.39, 0.29) is 5.91 Å². The summed E-state index contributed by atoms with van der Waals surface area (Å²) in [7, 11) is 2.05. The molecule has 0 spiro atoms. The van der Waals surface area contributed by atoms with E-state index in [1.165, 1.54) is 22.3 Å². The van der Waals surface area contributed by atoms with Crippen molar-refractivity contribution in [1.29, 1.82) is 0 Å². The van der Waals surface area contributed by atoms with Gasteiger partial charge in [0.25, 0.3) is 0 Å². The van der Waals surface area contributed by atoms with Crippen molar-refractivity contribution >= 4 is 43.8 Å². The minimum Gasteiger partial charge on any atom is -0.317 e. The Morgan fingerprint density at radius 1 is 1.30 bits per heavy atom. The Balaban J connectivity index is 1.66. The summed E-state index contributed by atoms with van der Waals surface area (Å²) >= 11 is 2.91. The maximum atomic E-state index is 13.2. The molecule has 1 amide bonds. The quantitative estimate of drug-likeness (QED) is 0.438. The molecule has 4 rings (SSSR count). The number of thiazole rings is 1. The smallest absolute Gasteiger partial charge is 0.317 e. The van der Waals surface area contributed by atoms with Crippen LogP contribution in [-0.2, 0) is 23.9 Å². The number of nitrogens with one attached hydrogen (secondary N) is 2. The first-order valence-electron chi connectivity index (χ1n) is 11.0. The van der Waals surface area contributed by atoms with Gasteiger partial charge in [-0.3, -0.25) is 4.79 Å². The highest BCUT2D eigenvalue weighted by molar-refractivity contribution is 7.22. The Morgan fingerprint density at radius 2 is 2.09 bits per heavy atom. The average molecular weight is 497 g/mol. The van der Waals surface area contributed by atoms with E-state index in [0.717, 1.165) is 54.2 Å².